The number of aliphatic carboxylic acids is 1. The summed E-state index contributed by atoms with van der Waals surface area (Å²) >= 11 is 1.59. The summed E-state index contributed by atoms with van der Waals surface area (Å²) in [6, 6.07) is 7.77. The fraction of sp³-hybridized carbons (Fsp3) is 0.100. The number of fused-ring (bicyclic) bond motifs is 1. The standard InChI is InChI=1S/C10H8O2S/c11-9(12)6-8-3-1-2-7-4-5-13-10(7)8/h1-5H,6H2,(H,11,12). The average Bonchev–Trinajstić information content (AvgIpc) is 2.51. The predicted octanol–water partition coefficient (Wildman–Crippen LogP) is 2.53. The molecular formula is C10H8O2S. The Morgan fingerprint density at radius 3 is 3.00 bits per heavy atom. The van der Waals surface area contributed by atoms with Crippen LogP contribution in [-0.2, 0) is 11.2 Å². The first-order valence-corrected chi connectivity index (χ1v) is 4.82. The van der Waals surface area contributed by atoms with Crippen LogP contribution in [0.4, 0.5) is 0 Å². The Morgan fingerprint density at radius 1 is 1.38 bits per heavy atom. The van der Waals surface area contributed by atoms with Crippen LogP contribution in [0.3, 0.4) is 0 Å². The van der Waals surface area contributed by atoms with Gasteiger partial charge in [0, 0.05) is 4.70 Å². The molecule has 1 aromatic heterocycles. The van der Waals surface area contributed by atoms with Crippen LogP contribution in [0, 0.1) is 0 Å². The molecule has 0 amide bonds. The number of carboxylic acid groups (broad SMARTS) is 1. The minimum atomic E-state index is -0.777. The molecule has 0 aliphatic carbocycles. The molecule has 1 N–H and O–H groups in total. The van der Waals surface area contributed by atoms with Crippen molar-refractivity contribution in [2.75, 3.05) is 0 Å². The van der Waals surface area contributed by atoms with E-state index in [2.05, 4.69) is 0 Å². The van der Waals surface area contributed by atoms with E-state index in [9.17, 15) is 4.79 Å². The molecular weight excluding hydrogens is 184 g/mol. The van der Waals surface area contributed by atoms with Crippen LogP contribution in [0.2, 0.25) is 0 Å². The van der Waals surface area contributed by atoms with Crippen molar-refractivity contribution in [2.45, 2.75) is 6.42 Å². The molecule has 2 nitrogen and oxygen atoms in total. The molecule has 0 aliphatic rings. The lowest BCUT2D eigenvalue weighted by molar-refractivity contribution is -0.136. The highest BCUT2D eigenvalue weighted by Gasteiger charge is 2.05. The summed E-state index contributed by atoms with van der Waals surface area (Å²) < 4.78 is 1.09. The first kappa shape index (κ1) is 8.26. The molecule has 0 saturated heterocycles. The van der Waals surface area contributed by atoms with Gasteiger partial charge in [-0.25, -0.2) is 0 Å². The molecule has 0 bridgehead atoms. The highest BCUT2D eigenvalue weighted by Crippen LogP contribution is 2.24. The van der Waals surface area contributed by atoms with Gasteiger partial charge < -0.3 is 5.11 Å². The van der Waals surface area contributed by atoms with Crippen LogP contribution in [0.25, 0.3) is 10.1 Å². The third-order valence-corrected chi connectivity index (χ3v) is 2.91. The van der Waals surface area contributed by atoms with E-state index in [4.69, 9.17) is 5.11 Å². The molecule has 0 atom stereocenters. The lowest BCUT2D eigenvalue weighted by atomic mass is 10.1. The summed E-state index contributed by atoms with van der Waals surface area (Å²) in [6.45, 7) is 0. The molecule has 0 radical (unpaired) electrons. The number of thiophene rings is 1. The molecule has 0 unspecified atom stereocenters. The van der Waals surface area contributed by atoms with Gasteiger partial charge in [-0.15, -0.1) is 11.3 Å². The van der Waals surface area contributed by atoms with Crippen LogP contribution < -0.4 is 0 Å². The van der Waals surface area contributed by atoms with Gasteiger partial charge in [0.2, 0.25) is 0 Å². The highest BCUT2D eigenvalue weighted by molar-refractivity contribution is 7.17. The van der Waals surface area contributed by atoms with Crippen LogP contribution >= 0.6 is 11.3 Å². The van der Waals surface area contributed by atoms with Gasteiger partial charge in [0.1, 0.15) is 0 Å². The Hall–Kier alpha value is -1.35. The van der Waals surface area contributed by atoms with Crippen molar-refractivity contribution in [1.29, 1.82) is 0 Å². The normalized spacial score (nSPS) is 10.5. The van der Waals surface area contributed by atoms with Crippen molar-refractivity contribution < 1.29 is 9.90 Å². The minimum Gasteiger partial charge on any atom is -0.481 e. The van der Waals surface area contributed by atoms with Crippen molar-refractivity contribution in [1.82, 2.24) is 0 Å². The Morgan fingerprint density at radius 2 is 2.23 bits per heavy atom. The number of rotatable bonds is 2. The van der Waals surface area contributed by atoms with Crippen molar-refractivity contribution in [3.63, 3.8) is 0 Å². The molecule has 66 valence electrons. The number of hydrogen-bond acceptors (Lipinski definition) is 2. The van der Waals surface area contributed by atoms with Crippen molar-refractivity contribution in [3.8, 4) is 0 Å². The fourth-order valence-electron chi connectivity index (χ4n) is 1.36. The van der Waals surface area contributed by atoms with E-state index in [1.807, 2.05) is 29.6 Å². The van der Waals surface area contributed by atoms with E-state index >= 15 is 0 Å². The highest BCUT2D eigenvalue weighted by atomic mass is 32.1. The van der Waals surface area contributed by atoms with Gasteiger partial charge in [0.15, 0.2) is 0 Å². The summed E-state index contributed by atoms with van der Waals surface area (Å²) in [5, 5.41) is 11.8. The van der Waals surface area contributed by atoms with Gasteiger partial charge in [-0.1, -0.05) is 18.2 Å². The van der Waals surface area contributed by atoms with E-state index in [1.54, 1.807) is 11.3 Å². The van der Waals surface area contributed by atoms with E-state index in [0.29, 0.717) is 0 Å². The molecule has 13 heavy (non-hydrogen) atoms. The molecule has 0 aliphatic heterocycles. The first-order valence-electron chi connectivity index (χ1n) is 3.94. The minimum absolute atomic E-state index is 0.109. The summed E-state index contributed by atoms with van der Waals surface area (Å²) in [4.78, 5) is 10.5. The number of hydrogen-bond donors (Lipinski definition) is 1. The van der Waals surface area contributed by atoms with E-state index in [1.165, 1.54) is 0 Å². The average molecular weight is 192 g/mol. The number of carboxylic acids is 1. The van der Waals surface area contributed by atoms with Gasteiger partial charge in [-0.05, 0) is 22.4 Å². The summed E-state index contributed by atoms with van der Waals surface area (Å²) in [5.74, 6) is -0.777. The molecule has 2 rings (SSSR count). The lowest BCUT2D eigenvalue weighted by Crippen LogP contribution is -1.99. The maximum absolute atomic E-state index is 10.5. The molecule has 2 aromatic rings. The van der Waals surface area contributed by atoms with Crippen LogP contribution in [0.1, 0.15) is 5.56 Å². The second-order valence-corrected chi connectivity index (χ2v) is 3.74. The van der Waals surface area contributed by atoms with Crippen LogP contribution in [0.5, 0.6) is 0 Å². The summed E-state index contributed by atoms with van der Waals surface area (Å²) in [7, 11) is 0. The molecule has 0 fully saturated rings. The zero-order chi connectivity index (χ0) is 9.26. The number of carbonyl (C=O) groups is 1. The molecule has 1 aromatic carbocycles. The van der Waals surface area contributed by atoms with Gasteiger partial charge in [-0.3, -0.25) is 4.79 Å². The third-order valence-electron chi connectivity index (χ3n) is 1.90. The second-order valence-electron chi connectivity index (χ2n) is 2.83. The lowest BCUT2D eigenvalue weighted by Gasteiger charge is -1.97. The predicted molar refractivity (Wildman–Crippen MR) is 53.2 cm³/mol. The summed E-state index contributed by atoms with van der Waals surface area (Å²) in [5.41, 5.74) is 0.903. The summed E-state index contributed by atoms with van der Waals surface area (Å²) in [6.07, 6.45) is 0.109. The Kier molecular flexibility index (Phi) is 2.02. The Labute approximate surface area is 79.4 Å². The fourth-order valence-corrected chi connectivity index (χ4v) is 2.27. The number of benzene rings is 1. The Bertz CT molecular complexity index is 445. The molecule has 1 heterocycles. The van der Waals surface area contributed by atoms with Crippen LogP contribution in [-0.4, -0.2) is 11.1 Å². The van der Waals surface area contributed by atoms with Gasteiger partial charge >= 0.3 is 5.97 Å². The Balaban J connectivity index is 2.54. The van der Waals surface area contributed by atoms with Gasteiger partial charge in [0.25, 0.3) is 0 Å². The van der Waals surface area contributed by atoms with Gasteiger partial charge in [0.05, 0.1) is 6.42 Å². The van der Waals surface area contributed by atoms with Crippen molar-refractivity contribution in [3.05, 3.63) is 35.2 Å². The smallest absolute Gasteiger partial charge is 0.307 e. The molecule has 0 saturated carbocycles. The van der Waals surface area contributed by atoms with E-state index in [-0.39, 0.29) is 6.42 Å². The van der Waals surface area contributed by atoms with Gasteiger partial charge in [-0.2, -0.15) is 0 Å². The van der Waals surface area contributed by atoms with Crippen LogP contribution in [0.15, 0.2) is 29.6 Å². The zero-order valence-electron chi connectivity index (χ0n) is 6.86. The quantitative estimate of drug-likeness (QED) is 0.793. The first-order chi connectivity index (χ1) is 6.27. The van der Waals surface area contributed by atoms with E-state index < -0.39 is 5.97 Å². The van der Waals surface area contributed by atoms with Crippen molar-refractivity contribution in [2.24, 2.45) is 0 Å². The SMILES string of the molecule is O=C(O)Cc1cccc2ccsc12. The monoisotopic (exact) mass is 192 g/mol. The molecule has 3 heteroatoms. The largest absolute Gasteiger partial charge is 0.481 e. The molecule has 0 spiro atoms. The topological polar surface area (TPSA) is 37.3 Å². The maximum Gasteiger partial charge on any atom is 0.307 e. The maximum atomic E-state index is 10.5. The second kappa shape index (κ2) is 3.18. The van der Waals surface area contributed by atoms with Crippen molar-refractivity contribution >= 4 is 27.4 Å². The third kappa shape index (κ3) is 1.55. The van der Waals surface area contributed by atoms with E-state index in [0.717, 1.165) is 15.6 Å². The zero-order valence-corrected chi connectivity index (χ0v) is 7.67.